The molecule has 5 nitrogen and oxygen atoms in total. The zero-order chi connectivity index (χ0) is 22.2. The summed E-state index contributed by atoms with van der Waals surface area (Å²) in [4.78, 5) is 26.9. The van der Waals surface area contributed by atoms with Crippen LogP contribution in [0, 0.1) is 5.82 Å². The standard InChI is InChI=1S/C23H27ClFN3O2S/c1-16(31-15-22(29)26-20-8-6-19(25)7-9-20)23(30)27-21-10-12-28(13-11-21)14-17-2-4-18(24)5-3-17/h2-9,16,21H,10-15H2,1H3,(H,26,29)(H,27,30). The number of thioether (sulfide) groups is 1. The first kappa shape index (κ1) is 23.6. The lowest BCUT2D eigenvalue weighted by molar-refractivity contribution is -0.121. The first-order valence-electron chi connectivity index (χ1n) is 10.3. The monoisotopic (exact) mass is 463 g/mol. The second-order valence-corrected chi connectivity index (χ2v) is 9.46. The third-order valence-corrected chi connectivity index (χ3v) is 6.61. The number of hydrogen-bond donors (Lipinski definition) is 2. The molecule has 166 valence electrons. The Morgan fingerprint density at radius 3 is 2.42 bits per heavy atom. The van der Waals surface area contributed by atoms with Crippen LogP contribution in [-0.2, 0) is 16.1 Å². The minimum absolute atomic E-state index is 0.0456. The largest absolute Gasteiger partial charge is 0.352 e. The molecule has 1 fully saturated rings. The molecule has 1 atom stereocenters. The number of amides is 2. The molecule has 2 aromatic rings. The molecule has 0 radical (unpaired) electrons. The van der Waals surface area contributed by atoms with Gasteiger partial charge in [-0.2, -0.15) is 0 Å². The van der Waals surface area contributed by atoms with Crippen molar-refractivity contribution in [1.82, 2.24) is 10.2 Å². The first-order chi connectivity index (χ1) is 14.9. The second kappa shape index (κ2) is 11.5. The van der Waals surface area contributed by atoms with Crippen molar-refractivity contribution < 1.29 is 14.0 Å². The summed E-state index contributed by atoms with van der Waals surface area (Å²) < 4.78 is 12.9. The van der Waals surface area contributed by atoms with Gasteiger partial charge in [-0.3, -0.25) is 14.5 Å². The number of carbonyl (C=O) groups excluding carboxylic acids is 2. The van der Waals surface area contributed by atoms with E-state index in [1.165, 1.54) is 41.6 Å². The number of piperidine rings is 1. The van der Waals surface area contributed by atoms with Crippen LogP contribution in [0.25, 0.3) is 0 Å². The molecule has 1 aliphatic rings. The van der Waals surface area contributed by atoms with E-state index >= 15 is 0 Å². The summed E-state index contributed by atoms with van der Waals surface area (Å²) in [5.74, 6) is -0.457. The smallest absolute Gasteiger partial charge is 0.234 e. The molecule has 3 rings (SSSR count). The van der Waals surface area contributed by atoms with Gasteiger partial charge in [0.15, 0.2) is 0 Å². The summed E-state index contributed by atoms with van der Waals surface area (Å²) in [6.07, 6.45) is 1.81. The Labute approximate surface area is 191 Å². The van der Waals surface area contributed by atoms with Gasteiger partial charge in [-0.15, -0.1) is 11.8 Å². The van der Waals surface area contributed by atoms with Crippen LogP contribution in [-0.4, -0.2) is 46.8 Å². The highest BCUT2D eigenvalue weighted by Gasteiger charge is 2.23. The maximum absolute atomic E-state index is 12.9. The summed E-state index contributed by atoms with van der Waals surface area (Å²) in [7, 11) is 0. The molecule has 1 heterocycles. The van der Waals surface area contributed by atoms with Gasteiger partial charge in [0.1, 0.15) is 5.82 Å². The number of nitrogens with one attached hydrogen (secondary N) is 2. The number of halogens is 2. The van der Waals surface area contributed by atoms with Gasteiger partial charge in [0, 0.05) is 36.4 Å². The zero-order valence-corrected chi connectivity index (χ0v) is 19.0. The fourth-order valence-corrected chi connectivity index (χ4v) is 4.23. The summed E-state index contributed by atoms with van der Waals surface area (Å²) >= 11 is 7.23. The predicted octanol–water partition coefficient (Wildman–Crippen LogP) is 4.32. The minimum atomic E-state index is -0.353. The van der Waals surface area contributed by atoms with Gasteiger partial charge in [-0.1, -0.05) is 23.7 Å². The molecule has 0 aliphatic carbocycles. The molecule has 1 unspecified atom stereocenters. The van der Waals surface area contributed by atoms with Crippen LogP contribution in [0.5, 0.6) is 0 Å². The highest BCUT2D eigenvalue weighted by Crippen LogP contribution is 2.18. The number of likely N-dealkylation sites (tertiary alicyclic amines) is 1. The number of carbonyl (C=O) groups is 2. The molecule has 31 heavy (non-hydrogen) atoms. The molecule has 0 aromatic heterocycles. The Bertz CT molecular complexity index is 871. The van der Waals surface area contributed by atoms with E-state index in [0.717, 1.165) is 37.5 Å². The minimum Gasteiger partial charge on any atom is -0.352 e. The number of nitrogens with zero attached hydrogens (tertiary/aromatic N) is 1. The Balaban J connectivity index is 1.34. The molecule has 0 spiro atoms. The van der Waals surface area contributed by atoms with Crippen LogP contribution in [0.4, 0.5) is 10.1 Å². The fourth-order valence-electron chi connectivity index (χ4n) is 3.41. The summed E-state index contributed by atoms with van der Waals surface area (Å²) in [5, 5.41) is 6.23. The van der Waals surface area contributed by atoms with Gasteiger partial charge in [-0.25, -0.2) is 4.39 Å². The molecule has 0 bridgehead atoms. The number of rotatable bonds is 8. The third-order valence-electron chi connectivity index (χ3n) is 5.22. The van der Waals surface area contributed by atoms with E-state index in [2.05, 4.69) is 15.5 Å². The molecule has 8 heteroatoms. The Kier molecular flexibility index (Phi) is 8.75. The van der Waals surface area contributed by atoms with Crippen LogP contribution in [0.2, 0.25) is 5.02 Å². The van der Waals surface area contributed by atoms with E-state index in [4.69, 9.17) is 11.6 Å². The van der Waals surface area contributed by atoms with Crippen molar-refractivity contribution in [2.24, 2.45) is 0 Å². The van der Waals surface area contributed by atoms with E-state index in [1.807, 2.05) is 24.3 Å². The summed E-state index contributed by atoms with van der Waals surface area (Å²) in [5.41, 5.74) is 1.77. The van der Waals surface area contributed by atoms with Gasteiger partial charge in [0.25, 0.3) is 0 Å². The molecule has 2 amide bonds. The summed E-state index contributed by atoms with van der Waals surface area (Å²) in [6.45, 7) is 4.54. The maximum Gasteiger partial charge on any atom is 0.234 e. The maximum atomic E-state index is 12.9. The molecule has 2 N–H and O–H groups in total. The molecule has 2 aromatic carbocycles. The molecular formula is C23H27ClFN3O2S. The van der Waals surface area contributed by atoms with Crippen LogP contribution in [0.1, 0.15) is 25.3 Å². The third kappa shape index (κ3) is 7.83. The Morgan fingerprint density at radius 1 is 1.13 bits per heavy atom. The quantitative estimate of drug-likeness (QED) is 0.612. The topological polar surface area (TPSA) is 61.4 Å². The van der Waals surface area contributed by atoms with Crippen LogP contribution < -0.4 is 10.6 Å². The van der Waals surface area contributed by atoms with Crippen molar-refractivity contribution in [2.75, 3.05) is 24.2 Å². The Hall–Kier alpha value is -2.09. The van der Waals surface area contributed by atoms with Crippen molar-refractivity contribution in [3.05, 3.63) is 64.9 Å². The van der Waals surface area contributed by atoms with Gasteiger partial charge < -0.3 is 10.6 Å². The molecular weight excluding hydrogens is 437 g/mol. The average molecular weight is 464 g/mol. The molecule has 1 saturated heterocycles. The normalized spacial score (nSPS) is 16.0. The van der Waals surface area contributed by atoms with Gasteiger partial charge >= 0.3 is 0 Å². The zero-order valence-electron chi connectivity index (χ0n) is 17.4. The van der Waals surface area contributed by atoms with Crippen molar-refractivity contribution in [2.45, 2.75) is 37.6 Å². The van der Waals surface area contributed by atoms with Crippen LogP contribution in [0.3, 0.4) is 0 Å². The van der Waals surface area contributed by atoms with E-state index in [1.54, 1.807) is 6.92 Å². The number of hydrogen-bond acceptors (Lipinski definition) is 4. The first-order valence-corrected chi connectivity index (χ1v) is 11.8. The second-order valence-electron chi connectivity index (χ2n) is 7.69. The van der Waals surface area contributed by atoms with E-state index in [0.29, 0.717) is 5.69 Å². The van der Waals surface area contributed by atoms with Crippen molar-refractivity contribution >= 4 is 40.9 Å². The summed E-state index contributed by atoms with van der Waals surface area (Å²) in [6, 6.07) is 13.7. The lowest BCUT2D eigenvalue weighted by Crippen LogP contribution is -2.46. The van der Waals surface area contributed by atoms with Gasteiger partial charge in [0.2, 0.25) is 11.8 Å². The number of anilines is 1. The fraction of sp³-hybridized carbons (Fsp3) is 0.391. The van der Waals surface area contributed by atoms with Crippen molar-refractivity contribution in [1.29, 1.82) is 0 Å². The number of benzene rings is 2. The highest BCUT2D eigenvalue weighted by molar-refractivity contribution is 8.01. The SMILES string of the molecule is CC(SCC(=O)Nc1ccc(F)cc1)C(=O)NC1CCN(Cc2ccc(Cl)cc2)CC1. The van der Waals surface area contributed by atoms with Crippen molar-refractivity contribution in [3.63, 3.8) is 0 Å². The van der Waals surface area contributed by atoms with E-state index in [9.17, 15) is 14.0 Å². The van der Waals surface area contributed by atoms with Gasteiger partial charge in [0.05, 0.1) is 11.0 Å². The molecule has 0 saturated carbocycles. The lowest BCUT2D eigenvalue weighted by Gasteiger charge is -2.32. The Morgan fingerprint density at radius 2 is 1.77 bits per heavy atom. The van der Waals surface area contributed by atoms with Crippen molar-refractivity contribution in [3.8, 4) is 0 Å². The van der Waals surface area contributed by atoms with E-state index < -0.39 is 0 Å². The average Bonchev–Trinajstić information content (AvgIpc) is 2.76. The van der Waals surface area contributed by atoms with E-state index in [-0.39, 0.29) is 34.7 Å². The predicted molar refractivity (Wildman–Crippen MR) is 125 cm³/mol. The van der Waals surface area contributed by atoms with Crippen LogP contribution in [0.15, 0.2) is 48.5 Å². The highest BCUT2D eigenvalue weighted by atomic mass is 35.5. The van der Waals surface area contributed by atoms with Gasteiger partial charge in [-0.05, 0) is 61.7 Å². The lowest BCUT2D eigenvalue weighted by atomic mass is 10.0. The van der Waals surface area contributed by atoms with Crippen LogP contribution >= 0.6 is 23.4 Å². The molecule has 1 aliphatic heterocycles.